The molecule has 5 heteroatoms. The largest absolute Gasteiger partial charge is 0.507 e. The number of allylic oxidation sites excluding steroid dienone is 1. The van der Waals surface area contributed by atoms with Crippen molar-refractivity contribution in [2.24, 2.45) is 0 Å². The highest BCUT2D eigenvalue weighted by Gasteiger charge is 2.14. The van der Waals surface area contributed by atoms with Crippen LogP contribution in [-0.4, -0.2) is 25.0 Å². The van der Waals surface area contributed by atoms with E-state index < -0.39 is 0 Å². The zero-order valence-electron chi connectivity index (χ0n) is 11.3. The highest BCUT2D eigenvalue weighted by atomic mass is 16.3. The molecule has 100 valence electrons. The number of phenolic OH excluding ortho intramolecular Hbond substituents is 2. The number of hydrogen-bond donors (Lipinski definition) is 2. The molecule has 0 spiro atoms. The third-order valence-corrected chi connectivity index (χ3v) is 3.35. The summed E-state index contributed by atoms with van der Waals surface area (Å²) >= 11 is 0. The smallest absolute Gasteiger partial charge is 0.126 e. The molecule has 0 aliphatic rings. The number of aromatic hydroxyl groups is 2. The van der Waals surface area contributed by atoms with Gasteiger partial charge in [0.1, 0.15) is 24.2 Å². The van der Waals surface area contributed by atoms with Crippen LogP contribution in [0.2, 0.25) is 0 Å². The number of phenols is 2. The fraction of sp³-hybridized carbons (Fsp3) is 0.286. The maximum Gasteiger partial charge on any atom is 0.126 e. The number of nitrogens with zero attached hydrogens (tertiary/aromatic N) is 3. The SMILES string of the molecule is Cc1c(C)c(O)c(/C=C/Cn2cnnc2)c(C)c1O. The standard InChI is InChI=1S/C14H17N3O2/c1-9-10(2)14(19)12(11(3)13(9)18)5-4-6-17-7-15-16-8-17/h4-5,7-8,18-19H,6H2,1-3H3/b5-4+. The molecule has 1 heterocycles. The quantitative estimate of drug-likeness (QED) is 0.830. The lowest BCUT2D eigenvalue weighted by atomic mass is 9.97. The van der Waals surface area contributed by atoms with E-state index in [1.165, 1.54) is 0 Å². The normalized spacial score (nSPS) is 11.3. The first-order valence-electron chi connectivity index (χ1n) is 6.03. The predicted octanol–water partition coefficient (Wildman–Crippen LogP) is 2.33. The van der Waals surface area contributed by atoms with Crippen LogP contribution >= 0.6 is 0 Å². The van der Waals surface area contributed by atoms with Crippen LogP contribution in [0.5, 0.6) is 11.5 Å². The van der Waals surface area contributed by atoms with E-state index in [9.17, 15) is 10.2 Å². The number of rotatable bonds is 3. The van der Waals surface area contributed by atoms with Gasteiger partial charge in [0, 0.05) is 17.7 Å². The summed E-state index contributed by atoms with van der Waals surface area (Å²) in [5, 5.41) is 27.6. The molecule has 0 radical (unpaired) electrons. The maximum atomic E-state index is 10.1. The summed E-state index contributed by atoms with van der Waals surface area (Å²) in [6.45, 7) is 5.99. The van der Waals surface area contributed by atoms with Gasteiger partial charge in [-0.25, -0.2) is 0 Å². The van der Waals surface area contributed by atoms with Crippen molar-refractivity contribution < 1.29 is 10.2 Å². The zero-order valence-corrected chi connectivity index (χ0v) is 11.3. The highest BCUT2D eigenvalue weighted by molar-refractivity contribution is 5.68. The minimum Gasteiger partial charge on any atom is -0.507 e. The summed E-state index contributed by atoms with van der Waals surface area (Å²) in [5.41, 5.74) is 2.74. The van der Waals surface area contributed by atoms with Crippen LogP contribution in [0, 0.1) is 20.8 Å². The van der Waals surface area contributed by atoms with Gasteiger partial charge < -0.3 is 14.8 Å². The van der Waals surface area contributed by atoms with Gasteiger partial charge >= 0.3 is 0 Å². The summed E-state index contributed by atoms with van der Waals surface area (Å²) in [7, 11) is 0. The maximum absolute atomic E-state index is 10.1. The van der Waals surface area contributed by atoms with Gasteiger partial charge in [0.2, 0.25) is 0 Å². The molecule has 0 bridgehead atoms. The minimum absolute atomic E-state index is 0.216. The van der Waals surface area contributed by atoms with Crippen molar-refractivity contribution >= 4 is 6.08 Å². The van der Waals surface area contributed by atoms with E-state index in [0.717, 1.165) is 0 Å². The topological polar surface area (TPSA) is 71.2 Å². The van der Waals surface area contributed by atoms with E-state index in [1.54, 1.807) is 39.5 Å². The van der Waals surface area contributed by atoms with Crippen molar-refractivity contribution in [2.45, 2.75) is 27.3 Å². The van der Waals surface area contributed by atoms with Crippen LogP contribution in [0.1, 0.15) is 22.3 Å². The van der Waals surface area contributed by atoms with Crippen LogP contribution in [0.25, 0.3) is 6.08 Å². The first-order valence-corrected chi connectivity index (χ1v) is 6.03. The molecule has 5 nitrogen and oxygen atoms in total. The van der Waals surface area contributed by atoms with Crippen molar-refractivity contribution in [2.75, 3.05) is 0 Å². The van der Waals surface area contributed by atoms with E-state index >= 15 is 0 Å². The molecule has 0 aliphatic carbocycles. The first-order chi connectivity index (χ1) is 9.02. The van der Waals surface area contributed by atoms with Crippen molar-refractivity contribution in [3.8, 4) is 11.5 Å². The van der Waals surface area contributed by atoms with Gasteiger partial charge in [-0.3, -0.25) is 0 Å². The zero-order chi connectivity index (χ0) is 14.0. The lowest BCUT2D eigenvalue weighted by molar-refractivity contribution is 0.448. The summed E-state index contributed by atoms with van der Waals surface area (Å²) in [6.07, 6.45) is 6.93. The number of benzene rings is 1. The van der Waals surface area contributed by atoms with E-state index in [-0.39, 0.29) is 11.5 Å². The Balaban J connectivity index is 2.32. The van der Waals surface area contributed by atoms with Crippen LogP contribution < -0.4 is 0 Å². The van der Waals surface area contributed by atoms with E-state index in [1.807, 2.05) is 10.6 Å². The lowest BCUT2D eigenvalue weighted by Gasteiger charge is -2.13. The van der Waals surface area contributed by atoms with Gasteiger partial charge in [-0.2, -0.15) is 0 Å². The van der Waals surface area contributed by atoms with Crippen molar-refractivity contribution in [3.05, 3.63) is 41.0 Å². The monoisotopic (exact) mass is 259 g/mol. The lowest BCUT2D eigenvalue weighted by Crippen LogP contribution is -1.93. The minimum atomic E-state index is 0.216. The molecule has 0 saturated carbocycles. The van der Waals surface area contributed by atoms with Gasteiger partial charge in [0.15, 0.2) is 0 Å². The number of aromatic nitrogens is 3. The molecule has 0 saturated heterocycles. The summed E-state index contributed by atoms with van der Waals surface area (Å²) in [6, 6.07) is 0. The van der Waals surface area contributed by atoms with Crippen molar-refractivity contribution in [1.29, 1.82) is 0 Å². The molecule has 0 unspecified atom stereocenters. The van der Waals surface area contributed by atoms with Gasteiger partial charge in [0.05, 0.1) is 0 Å². The van der Waals surface area contributed by atoms with Crippen LogP contribution in [0.4, 0.5) is 0 Å². The van der Waals surface area contributed by atoms with Gasteiger partial charge in [-0.15, -0.1) is 10.2 Å². The second-order valence-electron chi connectivity index (χ2n) is 4.55. The van der Waals surface area contributed by atoms with Crippen LogP contribution in [0.15, 0.2) is 18.7 Å². The molecule has 1 aromatic heterocycles. The second kappa shape index (κ2) is 5.14. The predicted molar refractivity (Wildman–Crippen MR) is 73.0 cm³/mol. The summed E-state index contributed by atoms with van der Waals surface area (Å²) < 4.78 is 1.81. The van der Waals surface area contributed by atoms with Crippen molar-refractivity contribution in [1.82, 2.24) is 14.8 Å². The highest BCUT2D eigenvalue weighted by Crippen LogP contribution is 2.36. The fourth-order valence-corrected chi connectivity index (χ4v) is 1.96. The van der Waals surface area contributed by atoms with E-state index in [4.69, 9.17) is 0 Å². The average Bonchev–Trinajstić information content (AvgIpc) is 2.91. The van der Waals surface area contributed by atoms with E-state index in [2.05, 4.69) is 10.2 Å². The molecule has 2 aromatic rings. The molecule has 1 aromatic carbocycles. The Kier molecular flexibility index (Phi) is 3.55. The molecule has 2 N–H and O–H groups in total. The molecular formula is C14H17N3O2. The Morgan fingerprint density at radius 2 is 1.58 bits per heavy atom. The molecule has 0 amide bonds. The second-order valence-corrected chi connectivity index (χ2v) is 4.55. The average molecular weight is 259 g/mol. The summed E-state index contributed by atoms with van der Waals surface area (Å²) in [5.74, 6) is 0.451. The molecule has 0 atom stereocenters. The van der Waals surface area contributed by atoms with E-state index in [0.29, 0.717) is 28.8 Å². The Bertz CT molecular complexity index is 587. The van der Waals surface area contributed by atoms with Crippen LogP contribution in [0.3, 0.4) is 0 Å². The third kappa shape index (κ3) is 2.45. The first kappa shape index (κ1) is 13.1. The number of hydrogen-bond acceptors (Lipinski definition) is 4. The Labute approximate surface area is 111 Å². The van der Waals surface area contributed by atoms with Crippen molar-refractivity contribution in [3.63, 3.8) is 0 Å². The molecular weight excluding hydrogens is 242 g/mol. The molecule has 0 aliphatic heterocycles. The third-order valence-electron chi connectivity index (χ3n) is 3.35. The Hall–Kier alpha value is -2.30. The fourth-order valence-electron chi connectivity index (χ4n) is 1.96. The summed E-state index contributed by atoms with van der Waals surface area (Å²) in [4.78, 5) is 0. The Morgan fingerprint density at radius 3 is 2.21 bits per heavy atom. The molecule has 2 rings (SSSR count). The molecule has 0 fully saturated rings. The van der Waals surface area contributed by atoms with Gasteiger partial charge in [-0.05, 0) is 31.9 Å². The van der Waals surface area contributed by atoms with Crippen LogP contribution in [-0.2, 0) is 6.54 Å². The van der Waals surface area contributed by atoms with Gasteiger partial charge in [-0.1, -0.05) is 12.2 Å². The van der Waals surface area contributed by atoms with Gasteiger partial charge in [0.25, 0.3) is 0 Å². The Morgan fingerprint density at radius 1 is 1.00 bits per heavy atom. The molecule has 19 heavy (non-hydrogen) atoms.